The molecule has 0 bridgehead atoms. The lowest BCUT2D eigenvalue weighted by Gasteiger charge is -2.13. The molecule has 9 nitrogen and oxygen atoms in total. The number of hydrogen-bond donors (Lipinski definition) is 0. The number of ether oxygens (including phenoxy) is 1. The number of benzene rings is 1. The van der Waals surface area contributed by atoms with Crippen molar-refractivity contribution in [3.05, 3.63) is 34.6 Å². The first kappa shape index (κ1) is 20.3. The van der Waals surface area contributed by atoms with Crippen molar-refractivity contribution in [1.82, 2.24) is 24.5 Å². The smallest absolute Gasteiger partial charge is 0.340 e. The number of carbonyl (C=O) groups excluding carboxylic acids is 1. The molecule has 0 spiro atoms. The normalized spacial score (nSPS) is 11.7. The van der Waals surface area contributed by atoms with Crippen LogP contribution in [-0.4, -0.2) is 53.0 Å². The van der Waals surface area contributed by atoms with Gasteiger partial charge in [-0.25, -0.2) is 22.2 Å². The van der Waals surface area contributed by atoms with Crippen molar-refractivity contribution in [2.45, 2.75) is 37.8 Å². The number of nitrogens with zero attached hydrogens (tertiary/aromatic N) is 5. The molecular weight excluding hydrogens is 382 g/mol. The molecule has 1 heterocycles. The number of hydrogen-bond acceptors (Lipinski definition) is 7. The van der Waals surface area contributed by atoms with Gasteiger partial charge in [-0.15, -0.1) is 5.10 Å². The Balaban J connectivity index is 2.16. The molecule has 1 aromatic carbocycles. The first-order chi connectivity index (χ1) is 12.3. The first-order valence-electron chi connectivity index (χ1n) is 7.91. The average Bonchev–Trinajstić information content (AvgIpc) is 3.05. The third-order valence-electron chi connectivity index (χ3n) is 3.60. The van der Waals surface area contributed by atoms with Gasteiger partial charge in [-0.2, -0.15) is 0 Å². The summed E-state index contributed by atoms with van der Waals surface area (Å²) in [6.07, 6.45) is 1.87. The van der Waals surface area contributed by atoms with Crippen molar-refractivity contribution in [2.24, 2.45) is 0 Å². The zero-order chi connectivity index (χ0) is 19.3. The minimum absolute atomic E-state index is 0.0397. The van der Waals surface area contributed by atoms with E-state index in [4.69, 9.17) is 16.3 Å². The second-order valence-corrected chi connectivity index (χ2v) is 8.24. The van der Waals surface area contributed by atoms with E-state index in [0.29, 0.717) is 12.4 Å². The number of tetrazole rings is 1. The topological polar surface area (TPSA) is 107 Å². The van der Waals surface area contributed by atoms with Gasteiger partial charge in [0.1, 0.15) is 0 Å². The van der Waals surface area contributed by atoms with E-state index in [-0.39, 0.29) is 22.1 Å². The van der Waals surface area contributed by atoms with Crippen molar-refractivity contribution in [1.29, 1.82) is 0 Å². The molecule has 0 fully saturated rings. The highest BCUT2D eigenvalue weighted by molar-refractivity contribution is 7.89. The molecule has 26 heavy (non-hydrogen) atoms. The van der Waals surface area contributed by atoms with Gasteiger partial charge in [0.15, 0.2) is 12.4 Å². The van der Waals surface area contributed by atoms with Crippen LogP contribution in [0.4, 0.5) is 0 Å². The standard InChI is InChI=1S/C15H20ClN5O4S/c1-4-5-8-21-14(17-18-19-21)10-25-15(22)12-9-11(6-7-13(12)16)26(23,24)20(2)3/h6-7,9H,4-5,8,10H2,1-3H3. The third kappa shape index (κ3) is 4.57. The number of sulfonamides is 1. The van der Waals surface area contributed by atoms with Crippen LogP contribution in [0.2, 0.25) is 5.02 Å². The summed E-state index contributed by atoms with van der Waals surface area (Å²) in [6, 6.07) is 3.87. The Hall–Kier alpha value is -2.04. The summed E-state index contributed by atoms with van der Waals surface area (Å²) in [5.74, 6) is -0.351. The number of aromatic nitrogens is 4. The molecule has 0 saturated heterocycles. The number of rotatable bonds is 8. The zero-order valence-electron chi connectivity index (χ0n) is 14.7. The minimum Gasteiger partial charge on any atom is -0.454 e. The van der Waals surface area contributed by atoms with Crippen LogP contribution in [0, 0.1) is 0 Å². The van der Waals surface area contributed by atoms with Crippen LogP contribution >= 0.6 is 11.6 Å². The number of carbonyl (C=O) groups is 1. The van der Waals surface area contributed by atoms with Crippen LogP contribution in [0.25, 0.3) is 0 Å². The minimum atomic E-state index is -3.69. The van der Waals surface area contributed by atoms with Crippen molar-refractivity contribution in [3.63, 3.8) is 0 Å². The van der Waals surface area contributed by atoms with Gasteiger partial charge in [-0.05, 0) is 35.0 Å². The maximum absolute atomic E-state index is 12.3. The van der Waals surface area contributed by atoms with Gasteiger partial charge in [-0.3, -0.25) is 0 Å². The van der Waals surface area contributed by atoms with Crippen LogP contribution < -0.4 is 0 Å². The number of esters is 1. The molecule has 142 valence electrons. The molecule has 0 aliphatic heterocycles. The van der Waals surface area contributed by atoms with Crippen molar-refractivity contribution in [2.75, 3.05) is 14.1 Å². The highest BCUT2D eigenvalue weighted by Crippen LogP contribution is 2.23. The van der Waals surface area contributed by atoms with Crippen molar-refractivity contribution < 1.29 is 17.9 Å². The molecule has 0 aliphatic carbocycles. The van der Waals surface area contributed by atoms with Gasteiger partial charge < -0.3 is 4.74 Å². The van der Waals surface area contributed by atoms with Crippen LogP contribution in [0.1, 0.15) is 35.9 Å². The predicted molar refractivity (Wildman–Crippen MR) is 94.2 cm³/mol. The van der Waals surface area contributed by atoms with Gasteiger partial charge in [0.2, 0.25) is 10.0 Å². The van der Waals surface area contributed by atoms with E-state index < -0.39 is 16.0 Å². The number of halogens is 1. The molecule has 0 atom stereocenters. The molecular formula is C15H20ClN5O4S. The van der Waals surface area contributed by atoms with Gasteiger partial charge in [0.25, 0.3) is 0 Å². The Labute approximate surface area is 156 Å². The second-order valence-electron chi connectivity index (χ2n) is 5.68. The molecule has 0 radical (unpaired) electrons. The maximum Gasteiger partial charge on any atom is 0.340 e. The predicted octanol–water partition coefficient (Wildman–Crippen LogP) is 1.73. The van der Waals surface area contributed by atoms with Gasteiger partial charge in [-0.1, -0.05) is 24.9 Å². The molecule has 0 aliphatic rings. The van der Waals surface area contributed by atoms with Gasteiger partial charge in [0, 0.05) is 20.6 Å². The third-order valence-corrected chi connectivity index (χ3v) is 5.74. The molecule has 0 N–H and O–H groups in total. The van der Waals surface area contributed by atoms with Crippen LogP contribution in [-0.2, 0) is 27.9 Å². The Morgan fingerprint density at radius 2 is 2.08 bits per heavy atom. The first-order valence-corrected chi connectivity index (χ1v) is 9.73. The van der Waals surface area contributed by atoms with Crippen LogP contribution in [0.15, 0.2) is 23.1 Å². The Kier molecular flexibility index (Phi) is 6.68. The number of aryl methyl sites for hydroxylation is 1. The summed E-state index contributed by atoms with van der Waals surface area (Å²) in [4.78, 5) is 12.3. The van der Waals surface area contributed by atoms with Crippen molar-refractivity contribution >= 4 is 27.6 Å². The van der Waals surface area contributed by atoms with Crippen molar-refractivity contribution in [3.8, 4) is 0 Å². The molecule has 11 heteroatoms. The maximum atomic E-state index is 12.3. The van der Waals surface area contributed by atoms with Gasteiger partial charge in [0.05, 0.1) is 15.5 Å². The Morgan fingerprint density at radius 3 is 2.73 bits per heavy atom. The van der Waals surface area contributed by atoms with E-state index in [1.54, 1.807) is 4.68 Å². The summed E-state index contributed by atoms with van der Waals surface area (Å²) in [6.45, 7) is 2.52. The van der Waals surface area contributed by atoms with E-state index in [2.05, 4.69) is 15.5 Å². The van der Waals surface area contributed by atoms with E-state index in [1.807, 2.05) is 6.92 Å². The number of unbranched alkanes of at least 4 members (excludes halogenated alkanes) is 1. The lowest BCUT2D eigenvalue weighted by atomic mass is 10.2. The second kappa shape index (κ2) is 8.56. The Morgan fingerprint density at radius 1 is 1.35 bits per heavy atom. The summed E-state index contributed by atoms with van der Waals surface area (Å²) >= 11 is 6.03. The fourth-order valence-electron chi connectivity index (χ4n) is 2.05. The lowest BCUT2D eigenvalue weighted by molar-refractivity contribution is 0.0456. The molecule has 0 unspecified atom stereocenters. The lowest BCUT2D eigenvalue weighted by Crippen LogP contribution is -2.22. The summed E-state index contributed by atoms with van der Waals surface area (Å²) in [7, 11) is -0.893. The molecule has 0 saturated carbocycles. The fourth-order valence-corrected chi connectivity index (χ4v) is 3.17. The molecule has 2 rings (SSSR count). The van der Waals surface area contributed by atoms with Crippen LogP contribution in [0.3, 0.4) is 0 Å². The highest BCUT2D eigenvalue weighted by atomic mass is 35.5. The summed E-state index contributed by atoms with van der Waals surface area (Å²) in [5, 5.41) is 11.3. The molecule has 2 aromatic rings. The highest BCUT2D eigenvalue weighted by Gasteiger charge is 2.22. The quantitative estimate of drug-likeness (QED) is 0.620. The van der Waals surface area contributed by atoms with E-state index in [0.717, 1.165) is 17.1 Å². The van der Waals surface area contributed by atoms with Crippen LogP contribution in [0.5, 0.6) is 0 Å². The monoisotopic (exact) mass is 401 g/mol. The van der Waals surface area contributed by atoms with E-state index >= 15 is 0 Å². The SMILES string of the molecule is CCCCn1nnnc1COC(=O)c1cc(S(=O)(=O)N(C)C)ccc1Cl. The Bertz CT molecular complexity index is 882. The zero-order valence-corrected chi connectivity index (χ0v) is 16.3. The molecule has 0 amide bonds. The van der Waals surface area contributed by atoms with E-state index in [9.17, 15) is 13.2 Å². The summed E-state index contributed by atoms with van der Waals surface area (Å²) in [5.41, 5.74) is -0.0397. The summed E-state index contributed by atoms with van der Waals surface area (Å²) < 4.78 is 32.2. The van der Waals surface area contributed by atoms with Gasteiger partial charge >= 0.3 is 5.97 Å². The largest absolute Gasteiger partial charge is 0.454 e. The average molecular weight is 402 g/mol. The fraction of sp³-hybridized carbons (Fsp3) is 0.467. The van der Waals surface area contributed by atoms with E-state index in [1.165, 1.54) is 32.3 Å². The molecule has 1 aromatic heterocycles.